The van der Waals surface area contributed by atoms with Crippen LogP contribution < -0.4 is 0 Å². The summed E-state index contributed by atoms with van der Waals surface area (Å²) in [4.78, 5) is 9.16. The number of hydrogen-bond acceptors (Lipinski definition) is 2. The van der Waals surface area contributed by atoms with E-state index in [0.29, 0.717) is 5.92 Å². The summed E-state index contributed by atoms with van der Waals surface area (Å²) in [5, 5.41) is 3.30. The molecule has 1 aromatic heterocycles. The lowest BCUT2D eigenvalue weighted by Crippen LogP contribution is -1.92. The average molecular weight is 331 g/mol. The zero-order valence-corrected chi connectivity index (χ0v) is 14.2. The van der Waals surface area contributed by atoms with Crippen LogP contribution in [0.3, 0.4) is 0 Å². The lowest BCUT2D eigenvalue weighted by molar-refractivity contribution is 0.868. The molecule has 0 amide bonds. The molecule has 0 saturated heterocycles. The third-order valence-corrected chi connectivity index (χ3v) is 5.25. The number of hydrogen-bond donors (Lipinski definition) is 0. The minimum Gasteiger partial charge on any atom is -0.253 e. The Morgan fingerprint density at radius 1 is 0.917 bits per heavy atom. The first kappa shape index (κ1) is 13.9. The Morgan fingerprint density at radius 2 is 1.75 bits per heavy atom. The Labute approximate surface area is 145 Å². The lowest BCUT2D eigenvalue weighted by atomic mass is 9.95. The number of halogens is 1. The topological polar surface area (TPSA) is 25.8 Å². The van der Waals surface area contributed by atoms with Crippen molar-refractivity contribution in [1.29, 1.82) is 0 Å². The maximum atomic E-state index is 6.57. The molecule has 3 heteroatoms. The van der Waals surface area contributed by atoms with Crippen molar-refractivity contribution >= 4 is 33.4 Å². The molecule has 4 aromatic rings. The van der Waals surface area contributed by atoms with Crippen molar-refractivity contribution in [2.75, 3.05) is 0 Å². The van der Waals surface area contributed by atoms with E-state index in [0.717, 1.165) is 16.1 Å². The van der Waals surface area contributed by atoms with Gasteiger partial charge in [0.25, 0.3) is 0 Å². The van der Waals surface area contributed by atoms with Crippen molar-refractivity contribution < 1.29 is 0 Å². The summed E-state index contributed by atoms with van der Waals surface area (Å²) < 4.78 is 0. The molecule has 0 aliphatic heterocycles. The smallest absolute Gasteiger partial charge is 0.0971 e. The van der Waals surface area contributed by atoms with E-state index in [1.54, 1.807) is 12.4 Å². The van der Waals surface area contributed by atoms with Crippen LogP contribution in [-0.2, 0) is 0 Å². The molecule has 0 fully saturated rings. The number of benzene rings is 3. The second kappa shape index (κ2) is 4.78. The predicted octanol–water partition coefficient (Wildman–Crippen LogP) is 6.21. The van der Waals surface area contributed by atoms with E-state index in [1.807, 2.05) is 0 Å². The Morgan fingerprint density at radius 3 is 2.58 bits per heavy atom. The van der Waals surface area contributed by atoms with Gasteiger partial charge in [-0.25, -0.2) is 0 Å². The number of aromatic nitrogens is 2. The van der Waals surface area contributed by atoms with Crippen molar-refractivity contribution in [2.24, 2.45) is 0 Å². The minimum absolute atomic E-state index is 0.378. The van der Waals surface area contributed by atoms with Gasteiger partial charge in [-0.15, -0.1) is 0 Å². The van der Waals surface area contributed by atoms with Gasteiger partial charge >= 0.3 is 0 Å². The third kappa shape index (κ3) is 1.72. The molecule has 0 atom stereocenters. The van der Waals surface area contributed by atoms with Gasteiger partial charge in [0.15, 0.2) is 0 Å². The van der Waals surface area contributed by atoms with Gasteiger partial charge < -0.3 is 0 Å². The predicted molar refractivity (Wildman–Crippen MR) is 101 cm³/mol. The summed E-state index contributed by atoms with van der Waals surface area (Å²) in [6, 6.07) is 12.9. The van der Waals surface area contributed by atoms with Crippen LogP contribution in [0.25, 0.3) is 44.1 Å². The summed E-state index contributed by atoms with van der Waals surface area (Å²) in [6.07, 6.45) is 3.52. The highest BCUT2D eigenvalue weighted by atomic mass is 35.5. The Balaban J connectivity index is 2.02. The highest BCUT2D eigenvalue weighted by molar-refractivity contribution is 6.33. The molecule has 2 nitrogen and oxygen atoms in total. The van der Waals surface area contributed by atoms with Crippen molar-refractivity contribution in [3.8, 4) is 22.3 Å². The van der Waals surface area contributed by atoms with Gasteiger partial charge in [-0.3, -0.25) is 9.97 Å². The lowest BCUT2D eigenvalue weighted by Gasteiger charge is -2.12. The molecule has 24 heavy (non-hydrogen) atoms. The van der Waals surface area contributed by atoms with Crippen LogP contribution in [0.1, 0.15) is 25.3 Å². The van der Waals surface area contributed by atoms with E-state index in [1.165, 1.54) is 38.6 Å². The van der Waals surface area contributed by atoms with E-state index < -0.39 is 0 Å². The molecule has 0 N–H and O–H groups in total. The van der Waals surface area contributed by atoms with Gasteiger partial charge in [-0.05, 0) is 57.1 Å². The fourth-order valence-electron chi connectivity index (χ4n) is 3.83. The van der Waals surface area contributed by atoms with E-state index in [-0.39, 0.29) is 0 Å². The van der Waals surface area contributed by atoms with E-state index in [2.05, 4.69) is 60.2 Å². The van der Waals surface area contributed by atoms with Gasteiger partial charge in [0, 0.05) is 23.0 Å². The molecule has 1 heterocycles. The van der Waals surface area contributed by atoms with Crippen molar-refractivity contribution in [3.63, 3.8) is 0 Å². The van der Waals surface area contributed by atoms with Crippen molar-refractivity contribution in [1.82, 2.24) is 9.97 Å². The number of rotatable bonds is 1. The first-order chi connectivity index (χ1) is 11.6. The van der Waals surface area contributed by atoms with Crippen LogP contribution in [-0.4, -0.2) is 9.97 Å². The van der Waals surface area contributed by atoms with Crippen LogP contribution in [0.15, 0.2) is 48.8 Å². The summed E-state index contributed by atoms with van der Waals surface area (Å²) in [5.41, 5.74) is 7.93. The summed E-state index contributed by atoms with van der Waals surface area (Å²) in [7, 11) is 0. The zero-order valence-electron chi connectivity index (χ0n) is 13.5. The van der Waals surface area contributed by atoms with Gasteiger partial charge in [0.05, 0.1) is 11.0 Å². The molecule has 0 unspecified atom stereocenters. The maximum absolute atomic E-state index is 6.57. The van der Waals surface area contributed by atoms with E-state index in [4.69, 9.17) is 11.6 Å². The normalized spacial score (nSPS) is 12.3. The second-order valence-electron chi connectivity index (χ2n) is 6.65. The van der Waals surface area contributed by atoms with E-state index in [9.17, 15) is 0 Å². The summed E-state index contributed by atoms with van der Waals surface area (Å²) >= 11 is 6.57. The number of nitrogens with zero attached hydrogens (tertiary/aromatic N) is 2. The maximum Gasteiger partial charge on any atom is 0.0971 e. The van der Waals surface area contributed by atoms with Crippen LogP contribution in [0.5, 0.6) is 0 Å². The fraction of sp³-hybridized carbons (Fsp3) is 0.143. The van der Waals surface area contributed by atoms with Gasteiger partial charge in [-0.1, -0.05) is 43.6 Å². The summed E-state index contributed by atoms with van der Waals surface area (Å²) in [6.45, 7) is 4.35. The molecule has 3 aromatic carbocycles. The van der Waals surface area contributed by atoms with Crippen LogP contribution in [0.4, 0.5) is 0 Å². The average Bonchev–Trinajstić information content (AvgIpc) is 2.90. The van der Waals surface area contributed by atoms with Crippen molar-refractivity contribution in [2.45, 2.75) is 19.8 Å². The quantitative estimate of drug-likeness (QED) is 0.341. The van der Waals surface area contributed by atoms with E-state index >= 15 is 0 Å². The molecular formula is C21H15ClN2. The molecule has 1 aliphatic carbocycles. The minimum atomic E-state index is 0.378. The van der Waals surface area contributed by atoms with Gasteiger partial charge in [0.2, 0.25) is 0 Å². The van der Waals surface area contributed by atoms with Crippen LogP contribution in [0.2, 0.25) is 5.02 Å². The molecule has 5 rings (SSSR count). The highest BCUT2D eigenvalue weighted by Gasteiger charge is 2.26. The first-order valence-electron chi connectivity index (χ1n) is 8.16. The Hall–Kier alpha value is -2.45. The fourth-order valence-corrected chi connectivity index (χ4v) is 4.21. The summed E-state index contributed by atoms with van der Waals surface area (Å²) in [5.74, 6) is 0.378. The van der Waals surface area contributed by atoms with Crippen molar-refractivity contribution in [3.05, 3.63) is 59.4 Å². The second-order valence-corrected chi connectivity index (χ2v) is 7.06. The van der Waals surface area contributed by atoms with Gasteiger partial charge in [0.1, 0.15) is 0 Å². The molecule has 0 radical (unpaired) electrons. The zero-order chi connectivity index (χ0) is 16.4. The molecule has 0 spiro atoms. The molecular weight excluding hydrogens is 316 g/mol. The largest absolute Gasteiger partial charge is 0.253 e. The standard InChI is InChI=1S/C21H15ClN2/c1-11(2)14-9-16-15(10-17(14)22)13-5-3-4-12-8-18-21(20(16)19(12)13)24-7-6-23-18/h3-11H,1-2H3. The third-order valence-electron chi connectivity index (χ3n) is 4.92. The molecule has 116 valence electrons. The molecule has 0 saturated carbocycles. The van der Waals surface area contributed by atoms with Crippen LogP contribution >= 0.6 is 11.6 Å². The number of fused-ring (bicyclic) bond motifs is 5. The van der Waals surface area contributed by atoms with Gasteiger partial charge in [-0.2, -0.15) is 0 Å². The SMILES string of the molecule is CC(C)c1cc2c(cc1Cl)-c1cccc3cc4nccnc4c-2c13. The highest BCUT2D eigenvalue weighted by Crippen LogP contribution is 2.51. The monoisotopic (exact) mass is 330 g/mol. The molecule has 0 bridgehead atoms. The first-order valence-corrected chi connectivity index (χ1v) is 8.53. The van der Waals surface area contributed by atoms with Crippen LogP contribution in [0, 0.1) is 0 Å². The molecule has 1 aliphatic rings. The Kier molecular flexibility index (Phi) is 2.77. The Bertz CT molecular complexity index is 1150.